The predicted molar refractivity (Wildman–Crippen MR) is 102 cm³/mol. The molecule has 0 spiro atoms. The van der Waals surface area contributed by atoms with Crippen molar-refractivity contribution in [1.82, 2.24) is 9.97 Å². The van der Waals surface area contributed by atoms with Gasteiger partial charge < -0.3 is 4.98 Å². The van der Waals surface area contributed by atoms with E-state index in [1.807, 2.05) is 32.9 Å². The maximum absolute atomic E-state index is 12.8. The molecule has 1 aliphatic heterocycles. The van der Waals surface area contributed by atoms with Gasteiger partial charge in [0.15, 0.2) is 5.16 Å². The highest BCUT2D eigenvalue weighted by Gasteiger charge is 2.41. The molecule has 6 nitrogen and oxygen atoms in total. The van der Waals surface area contributed by atoms with Crippen LogP contribution in [0, 0.1) is 20.8 Å². The highest BCUT2D eigenvalue weighted by molar-refractivity contribution is 8.00. The smallest absolute Gasteiger partial charge is 0.254 e. The molecule has 0 saturated carbocycles. The van der Waals surface area contributed by atoms with Crippen LogP contribution in [-0.4, -0.2) is 27.0 Å². The monoisotopic (exact) mass is 371 g/mol. The molecule has 1 aromatic carbocycles. The van der Waals surface area contributed by atoms with Crippen LogP contribution < -0.4 is 10.5 Å². The van der Waals surface area contributed by atoms with Gasteiger partial charge in [0, 0.05) is 17.7 Å². The minimum absolute atomic E-state index is 0.0924. The van der Waals surface area contributed by atoms with Gasteiger partial charge in [0.05, 0.1) is 5.69 Å². The number of imide groups is 1. The van der Waals surface area contributed by atoms with Crippen molar-refractivity contribution >= 4 is 29.3 Å². The summed E-state index contributed by atoms with van der Waals surface area (Å²) < 4.78 is 0. The molecule has 2 amide bonds. The Morgan fingerprint density at radius 2 is 1.96 bits per heavy atom. The number of hydrogen-bond acceptors (Lipinski definition) is 5. The molecule has 26 heavy (non-hydrogen) atoms. The van der Waals surface area contributed by atoms with Gasteiger partial charge in [-0.25, -0.2) is 9.88 Å². The summed E-state index contributed by atoms with van der Waals surface area (Å²) in [6, 6.07) is 5.63. The van der Waals surface area contributed by atoms with Gasteiger partial charge in [-0.05, 0) is 38.8 Å². The molecule has 0 bridgehead atoms. The molecule has 1 N–H and O–H groups in total. The quantitative estimate of drug-likeness (QED) is 0.660. The maximum atomic E-state index is 12.8. The first kappa shape index (κ1) is 18.4. The van der Waals surface area contributed by atoms with E-state index < -0.39 is 5.25 Å². The molecule has 2 aromatic rings. The van der Waals surface area contributed by atoms with Crippen molar-refractivity contribution in [2.45, 2.75) is 50.9 Å². The molecular weight excluding hydrogens is 350 g/mol. The Bertz CT molecular complexity index is 952. The first-order valence-electron chi connectivity index (χ1n) is 8.52. The maximum Gasteiger partial charge on any atom is 0.254 e. The molecule has 7 heteroatoms. The lowest BCUT2D eigenvalue weighted by atomic mass is 10.1. The number of carbonyl (C=O) groups excluding carboxylic acids is 2. The Morgan fingerprint density at radius 1 is 1.23 bits per heavy atom. The third-order valence-electron chi connectivity index (χ3n) is 4.51. The van der Waals surface area contributed by atoms with Crippen molar-refractivity contribution < 1.29 is 9.59 Å². The zero-order chi connectivity index (χ0) is 19.0. The van der Waals surface area contributed by atoms with E-state index in [2.05, 4.69) is 9.97 Å². The zero-order valence-corrected chi connectivity index (χ0v) is 16.1. The van der Waals surface area contributed by atoms with E-state index in [4.69, 9.17) is 0 Å². The highest BCUT2D eigenvalue weighted by Crippen LogP contribution is 2.34. The number of benzene rings is 1. The molecule has 1 atom stereocenters. The van der Waals surface area contributed by atoms with Gasteiger partial charge in [0.1, 0.15) is 5.25 Å². The molecular formula is C19H21N3O3S. The number of amides is 2. The summed E-state index contributed by atoms with van der Waals surface area (Å²) in [5, 5.41) is -0.212. The molecule has 1 aromatic heterocycles. The Morgan fingerprint density at radius 3 is 2.58 bits per heavy atom. The normalized spacial score (nSPS) is 17.2. The molecule has 2 heterocycles. The lowest BCUT2D eigenvalue weighted by Gasteiger charge is -2.17. The fourth-order valence-corrected chi connectivity index (χ4v) is 4.24. The second kappa shape index (κ2) is 7.07. The van der Waals surface area contributed by atoms with Crippen molar-refractivity contribution in [1.29, 1.82) is 0 Å². The zero-order valence-electron chi connectivity index (χ0n) is 15.3. The van der Waals surface area contributed by atoms with Crippen molar-refractivity contribution in [3.8, 4) is 0 Å². The second-order valence-corrected chi connectivity index (χ2v) is 7.65. The first-order chi connectivity index (χ1) is 12.3. The van der Waals surface area contributed by atoms with Gasteiger partial charge in [-0.1, -0.05) is 36.4 Å². The fraction of sp³-hybridized carbons (Fsp3) is 0.368. The van der Waals surface area contributed by atoms with Crippen molar-refractivity contribution in [2.24, 2.45) is 0 Å². The molecule has 3 rings (SSSR count). The Hall–Kier alpha value is -2.41. The van der Waals surface area contributed by atoms with Crippen LogP contribution in [0.4, 0.5) is 5.69 Å². The third kappa shape index (κ3) is 3.31. The van der Waals surface area contributed by atoms with E-state index in [-0.39, 0.29) is 23.8 Å². The second-order valence-electron chi connectivity index (χ2n) is 6.46. The van der Waals surface area contributed by atoms with Gasteiger partial charge >= 0.3 is 0 Å². The summed E-state index contributed by atoms with van der Waals surface area (Å²) in [7, 11) is 0. The number of aromatic nitrogens is 2. The van der Waals surface area contributed by atoms with E-state index in [0.717, 1.165) is 22.9 Å². The molecule has 136 valence electrons. The Labute approximate surface area is 156 Å². The van der Waals surface area contributed by atoms with E-state index in [1.165, 1.54) is 4.90 Å². The molecule has 1 saturated heterocycles. The van der Waals surface area contributed by atoms with Crippen LogP contribution in [0.2, 0.25) is 0 Å². The number of rotatable bonds is 4. The molecule has 0 aliphatic carbocycles. The standard InChI is InChI=1S/C19H21N3O3S/c1-5-13-12(4)20-19(21-17(13)24)26-15-9-16(23)22(18(15)25)14-7-6-10(2)8-11(14)3/h6-8,15H,5,9H2,1-4H3,(H,20,21,24)/t15-/m0/s1. The van der Waals surface area contributed by atoms with E-state index in [0.29, 0.717) is 28.5 Å². The van der Waals surface area contributed by atoms with Crippen LogP contribution in [0.3, 0.4) is 0 Å². The lowest BCUT2D eigenvalue weighted by molar-refractivity contribution is -0.121. The third-order valence-corrected chi connectivity index (χ3v) is 5.58. The number of nitrogens with zero attached hydrogens (tertiary/aromatic N) is 2. The topological polar surface area (TPSA) is 83.1 Å². The van der Waals surface area contributed by atoms with Crippen molar-refractivity contribution in [3.63, 3.8) is 0 Å². The van der Waals surface area contributed by atoms with Crippen LogP contribution in [0.5, 0.6) is 0 Å². The van der Waals surface area contributed by atoms with Crippen LogP contribution in [-0.2, 0) is 16.0 Å². The summed E-state index contributed by atoms with van der Waals surface area (Å²) in [6.07, 6.45) is 0.690. The number of aryl methyl sites for hydroxylation is 3. The minimum Gasteiger partial charge on any atom is -0.301 e. The molecule has 1 fully saturated rings. The highest BCUT2D eigenvalue weighted by atomic mass is 32.2. The van der Waals surface area contributed by atoms with Crippen LogP contribution in [0.25, 0.3) is 0 Å². The number of thioether (sulfide) groups is 1. The number of hydrogen-bond donors (Lipinski definition) is 1. The molecule has 1 aliphatic rings. The first-order valence-corrected chi connectivity index (χ1v) is 9.40. The van der Waals surface area contributed by atoms with Gasteiger partial charge in [-0.3, -0.25) is 14.4 Å². The van der Waals surface area contributed by atoms with E-state index >= 15 is 0 Å². The summed E-state index contributed by atoms with van der Waals surface area (Å²) in [5.74, 6) is -0.504. The average Bonchev–Trinajstić information content (AvgIpc) is 2.82. The van der Waals surface area contributed by atoms with E-state index in [1.54, 1.807) is 13.0 Å². The van der Waals surface area contributed by atoms with Gasteiger partial charge in [0.2, 0.25) is 11.8 Å². The average molecular weight is 371 g/mol. The predicted octanol–water partition coefficient (Wildman–Crippen LogP) is 2.68. The van der Waals surface area contributed by atoms with Gasteiger partial charge in [-0.2, -0.15) is 0 Å². The van der Waals surface area contributed by atoms with E-state index in [9.17, 15) is 14.4 Å². The summed E-state index contributed by atoms with van der Waals surface area (Å²) in [4.78, 5) is 45.7. The van der Waals surface area contributed by atoms with Gasteiger partial charge in [-0.15, -0.1) is 0 Å². The Kier molecular flexibility index (Phi) is 5.00. The van der Waals surface area contributed by atoms with Crippen molar-refractivity contribution in [2.75, 3.05) is 4.90 Å². The number of carbonyl (C=O) groups is 2. The number of nitrogens with one attached hydrogen (secondary N) is 1. The van der Waals surface area contributed by atoms with Crippen LogP contribution in [0.15, 0.2) is 28.2 Å². The fourth-order valence-electron chi connectivity index (χ4n) is 3.20. The Balaban J connectivity index is 1.87. The number of anilines is 1. The van der Waals surface area contributed by atoms with Gasteiger partial charge in [0.25, 0.3) is 5.56 Å². The summed E-state index contributed by atoms with van der Waals surface area (Å²) in [6.45, 7) is 7.53. The molecule has 0 radical (unpaired) electrons. The SMILES string of the molecule is CCc1c(C)nc(S[C@H]2CC(=O)N(c3ccc(C)cc3C)C2=O)[nH]c1=O. The van der Waals surface area contributed by atoms with Crippen LogP contribution in [0.1, 0.15) is 35.7 Å². The summed E-state index contributed by atoms with van der Waals surface area (Å²) >= 11 is 1.14. The minimum atomic E-state index is -0.585. The number of H-pyrrole nitrogens is 1. The van der Waals surface area contributed by atoms with Crippen LogP contribution >= 0.6 is 11.8 Å². The molecule has 0 unspecified atom stereocenters. The summed E-state index contributed by atoms with van der Waals surface area (Å²) in [5.41, 5.74) is 3.68. The lowest BCUT2D eigenvalue weighted by Crippen LogP contribution is -2.31. The number of aromatic amines is 1. The largest absolute Gasteiger partial charge is 0.301 e. The van der Waals surface area contributed by atoms with Crippen molar-refractivity contribution in [3.05, 3.63) is 50.9 Å².